The lowest BCUT2D eigenvalue weighted by molar-refractivity contribution is 0.579. The first-order chi connectivity index (χ1) is 6.29. The summed E-state index contributed by atoms with van der Waals surface area (Å²) in [6, 6.07) is 0. The summed E-state index contributed by atoms with van der Waals surface area (Å²) in [7, 11) is -2.01. The summed E-state index contributed by atoms with van der Waals surface area (Å²) < 4.78 is 45.6. The highest BCUT2D eigenvalue weighted by Crippen LogP contribution is 2.29. The normalized spacial score (nSPS) is 18.4. The lowest BCUT2D eigenvalue weighted by Gasteiger charge is -2.03. The van der Waals surface area contributed by atoms with E-state index in [2.05, 4.69) is 4.72 Å². The lowest BCUT2D eigenvalue weighted by Crippen LogP contribution is -2.30. The highest BCUT2D eigenvalue weighted by molar-refractivity contribution is 8.13. The Morgan fingerprint density at radius 3 is 2.21 bits per heavy atom. The SMILES string of the molecule is O=S(=O)(Cl)CCNS(=O)(=O)CC1CC1. The topological polar surface area (TPSA) is 80.3 Å². The van der Waals surface area contributed by atoms with Crippen molar-refractivity contribution in [3.63, 3.8) is 0 Å². The average Bonchev–Trinajstić information content (AvgIpc) is 2.66. The van der Waals surface area contributed by atoms with Crippen molar-refractivity contribution in [2.45, 2.75) is 12.8 Å². The van der Waals surface area contributed by atoms with Crippen LogP contribution < -0.4 is 4.72 Å². The Bertz CT molecular complexity index is 384. The van der Waals surface area contributed by atoms with E-state index in [4.69, 9.17) is 10.7 Å². The molecule has 1 aliphatic rings. The van der Waals surface area contributed by atoms with E-state index in [0.29, 0.717) is 0 Å². The Labute approximate surface area is 88.3 Å². The highest BCUT2D eigenvalue weighted by Gasteiger charge is 2.27. The average molecular weight is 262 g/mol. The molecule has 0 atom stereocenters. The van der Waals surface area contributed by atoms with Crippen molar-refractivity contribution in [1.29, 1.82) is 0 Å². The van der Waals surface area contributed by atoms with Crippen LogP contribution >= 0.6 is 10.7 Å². The van der Waals surface area contributed by atoms with Gasteiger partial charge >= 0.3 is 0 Å². The van der Waals surface area contributed by atoms with Gasteiger partial charge in [-0.25, -0.2) is 21.6 Å². The largest absolute Gasteiger partial charge is 0.233 e. The van der Waals surface area contributed by atoms with Gasteiger partial charge in [-0.1, -0.05) is 0 Å². The second-order valence-electron chi connectivity index (χ2n) is 3.36. The van der Waals surface area contributed by atoms with Crippen LogP contribution in [0, 0.1) is 5.92 Å². The van der Waals surface area contributed by atoms with Crippen molar-refractivity contribution in [1.82, 2.24) is 4.72 Å². The third-order valence-corrected chi connectivity index (χ3v) is 4.53. The first-order valence-electron chi connectivity index (χ1n) is 4.18. The highest BCUT2D eigenvalue weighted by atomic mass is 35.7. The molecular weight excluding hydrogens is 250 g/mol. The minimum absolute atomic E-state index is 0.0926. The molecule has 1 fully saturated rings. The minimum Gasteiger partial charge on any atom is -0.214 e. The molecule has 0 saturated heterocycles. The summed E-state index contributed by atoms with van der Waals surface area (Å²) in [5.74, 6) is -0.0338. The van der Waals surface area contributed by atoms with E-state index >= 15 is 0 Å². The van der Waals surface area contributed by atoms with E-state index in [1.807, 2.05) is 0 Å². The lowest BCUT2D eigenvalue weighted by atomic mass is 10.5. The molecular formula is C6H12ClNO4S2. The van der Waals surface area contributed by atoms with Crippen molar-refractivity contribution in [2.24, 2.45) is 5.92 Å². The van der Waals surface area contributed by atoms with Gasteiger partial charge in [0.15, 0.2) is 0 Å². The number of rotatable bonds is 6. The Hall–Kier alpha value is 0.150. The van der Waals surface area contributed by atoms with Crippen molar-refractivity contribution in [2.75, 3.05) is 18.1 Å². The maximum Gasteiger partial charge on any atom is 0.233 e. The smallest absolute Gasteiger partial charge is 0.214 e. The Balaban J connectivity index is 2.29. The number of halogens is 1. The van der Waals surface area contributed by atoms with Crippen LogP contribution in [0.25, 0.3) is 0 Å². The van der Waals surface area contributed by atoms with Gasteiger partial charge in [0.05, 0.1) is 11.5 Å². The molecule has 8 heteroatoms. The van der Waals surface area contributed by atoms with Gasteiger partial charge in [-0.15, -0.1) is 0 Å². The summed E-state index contributed by atoms with van der Waals surface area (Å²) >= 11 is 0. The summed E-state index contributed by atoms with van der Waals surface area (Å²) in [6.45, 7) is -0.152. The maximum absolute atomic E-state index is 11.2. The molecule has 5 nitrogen and oxygen atoms in total. The summed E-state index contributed by atoms with van der Waals surface area (Å²) in [6.07, 6.45) is 1.88. The van der Waals surface area contributed by atoms with Crippen LogP contribution in [0.2, 0.25) is 0 Å². The van der Waals surface area contributed by atoms with Crippen LogP contribution in [0.15, 0.2) is 0 Å². The number of hydrogen-bond acceptors (Lipinski definition) is 4. The van der Waals surface area contributed by atoms with Gasteiger partial charge in [-0.05, 0) is 18.8 Å². The van der Waals surface area contributed by atoms with Gasteiger partial charge in [0.1, 0.15) is 0 Å². The zero-order valence-corrected chi connectivity index (χ0v) is 9.83. The van der Waals surface area contributed by atoms with Crippen molar-refractivity contribution < 1.29 is 16.8 Å². The van der Waals surface area contributed by atoms with Gasteiger partial charge in [0.25, 0.3) is 0 Å². The molecule has 0 heterocycles. The Morgan fingerprint density at radius 2 is 1.79 bits per heavy atom. The van der Waals surface area contributed by atoms with Gasteiger partial charge in [0.2, 0.25) is 19.1 Å². The molecule has 1 N–H and O–H groups in total. The fourth-order valence-corrected chi connectivity index (χ4v) is 3.16. The molecule has 0 aromatic rings. The van der Waals surface area contributed by atoms with Crippen LogP contribution in [-0.2, 0) is 19.1 Å². The third-order valence-electron chi connectivity index (χ3n) is 1.82. The monoisotopic (exact) mass is 261 g/mol. The molecule has 0 radical (unpaired) electrons. The van der Waals surface area contributed by atoms with E-state index in [9.17, 15) is 16.8 Å². The quantitative estimate of drug-likeness (QED) is 0.677. The molecule has 1 saturated carbocycles. The minimum atomic E-state index is -3.61. The van der Waals surface area contributed by atoms with E-state index in [-0.39, 0.29) is 24.0 Å². The number of nitrogens with one attached hydrogen (secondary N) is 1. The standard InChI is InChI=1S/C6H12ClNO4S2/c7-13(9,10)4-3-8-14(11,12)5-6-1-2-6/h6,8H,1-5H2. The predicted molar refractivity (Wildman–Crippen MR) is 54.2 cm³/mol. The van der Waals surface area contributed by atoms with Gasteiger partial charge in [-0.2, -0.15) is 0 Å². The van der Waals surface area contributed by atoms with Gasteiger partial charge in [-0.3, -0.25) is 0 Å². The van der Waals surface area contributed by atoms with Crippen molar-refractivity contribution in [3.05, 3.63) is 0 Å². The van der Waals surface area contributed by atoms with E-state index in [0.717, 1.165) is 12.8 Å². The third kappa shape index (κ3) is 5.79. The summed E-state index contributed by atoms with van der Waals surface area (Å²) in [5, 5.41) is 0. The van der Waals surface area contributed by atoms with E-state index in [1.165, 1.54) is 0 Å². The number of hydrogen-bond donors (Lipinski definition) is 1. The van der Waals surface area contributed by atoms with Crippen LogP contribution in [-0.4, -0.2) is 34.9 Å². The van der Waals surface area contributed by atoms with Crippen molar-refractivity contribution in [3.8, 4) is 0 Å². The molecule has 0 spiro atoms. The molecule has 1 aliphatic carbocycles. The molecule has 0 aromatic carbocycles. The second-order valence-corrected chi connectivity index (χ2v) is 8.11. The Morgan fingerprint density at radius 1 is 1.21 bits per heavy atom. The molecule has 0 unspecified atom stereocenters. The molecule has 14 heavy (non-hydrogen) atoms. The first-order valence-corrected chi connectivity index (χ1v) is 8.31. The molecule has 84 valence electrons. The van der Waals surface area contributed by atoms with E-state index in [1.54, 1.807) is 0 Å². The van der Waals surface area contributed by atoms with Crippen LogP contribution in [0.1, 0.15) is 12.8 Å². The zero-order chi connectivity index (χ0) is 10.8. The van der Waals surface area contributed by atoms with Crippen LogP contribution in [0.4, 0.5) is 0 Å². The second kappa shape index (κ2) is 4.34. The molecule has 0 aliphatic heterocycles. The maximum atomic E-state index is 11.2. The van der Waals surface area contributed by atoms with Crippen LogP contribution in [0.5, 0.6) is 0 Å². The molecule has 0 bridgehead atoms. The van der Waals surface area contributed by atoms with Gasteiger partial charge in [0, 0.05) is 17.2 Å². The van der Waals surface area contributed by atoms with Crippen LogP contribution in [0.3, 0.4) is 0 Å². The van der Waals surface area contributed by atoms with Gasteiger partial charge < -0.3 is 0 Å². The van der Waals surface area contributed by atoms with E-state index < -0.39 is 19.1 Å². The number of sulfonamides is 1. The fraction of sp³-hybridized carbons (Fsp3) is 1.00. The summed E-state index contributed by atoms with van der Waals surface area (Å²) in [5.41, 5.74) is 0. The van der Waals surface area contributed by atoms with Crippen molar-refractivity contribution >= 4 is 29.8 Å². The molecule has 0 amide bonds. The molecule has 1 rings (SSSR count). The molecule has 0 aromatic heterocycles. The zero-order valence-electron chi connectivity index (χ0n) is 7.44. The fourth-order valence-electron chi connectivity index (χ4n) is 0.973. The Kier molecular flexibility index (Phi) is 3.79. The summed E-state index contributed by atoms with van der Waals surface area (Å²) in [4.78, 5) is 0. The first kappa shape index (κ1) is 12.2. The predicted octanol–water partition coefficient (Wildman–Crippen LogP) is -0.116.